The summed E-state index contributed by atoms with van der Waals surface area (Å²) in [6.07, 6.45) is 6.29. The molecule has 1 rings (SSSR count). The monoisotopic (exact) mass is 417 g/mol. The van der Waals surface area contributed by atoms with Gasteiger partial charge in [-0.05, 0) is 59.0 Å². The average molecular weight is 417 g/mol. The Morgan fingerprint density at radius 2 is 1.73 bits per heavy atom. The molecule has 1 amide bonds. The molecule has 0 spiro atoms. The van der Waals surface area contributed by atoms with Gasteiger partial charge in [0.15, 0.2) is 0 Å². The Bertz CT molecular complexity index is 387. The first-order valence-corrected chi connectivity index (χ1v) is 9.67. The molecule has 0 saturated carbocycles. The number of hydrogen-bond donors (Lipinski definition) is 1. The fourth-order valence-corrected chi connectivity index (χ4v) is 2.46. The van der Waals surface area contributed by atoms with Crippen LogP contribution in [0.5, 0.6) is 0 Å². The van der Waals surface area contributed by atoms with E-state index in [2.05, 4.69) is 66.0 Å². The lowest BCUT2D eigenvalue weighted by atomic mass is 10.0. The van der Waals surface area contributed by atoms with Gasteiger partial charge in [-0.25, -0.2) is 0 Å². The average Bonchev–Trinajstić information content (AvgIpc) is 2.50. The van der Waals surface area contributed by atoms with Gasteiger partial charge in [-0.1, -0.05) is 59.1 Å². The first-order valence-electron chi connectivity index (χ1n) is 8.59. The zero-order chi connectivity index (χ0) is 16.8. The molecule has 0 aliphatic heterocycles. The first kappa shape index (κ1) is 21.4. The van der Waals surface area contributed by atoms with E-state index in [1.807, 2.05) is 13.8 Å². The SMILES string of the molecule is CC.CC(C)CCCCCC(=O)NCCc1ccc(I)cc1. The Morgan fingerprint density at radius 3 is 2.32 bits per heavy atom. The summed E-state index contributed by atoms with van der Waals surface area (Å²) in [6.45, 7) is 9.24. The fourth-order valence-electron chi connectivity index (χ4n) is 2.10. The smallest absolute Gasteiger partial charge is 0.220 e. The third-order valence-corrected chi connectivity index (χ3v) is 4.05. The van der Waals surface area contributed by atoms with Crippen LogP contribution >= 0.6 is 22.6 Å². The van der Waals surface area contributed by atoms with E-state index in [0.29, 0.717) is 6.42 Å². The molecular weight excluding hydrogens is 385 g/mol. The molecule has 3 heteroatoms. The molecule has 22 heavy (non-hydrogen) atoms. The predicted octanol–water partition coefficient (Wildman–Crippen LogP) is 5.58. The van der Waals surface area contributed by atoms with Crippen LogP contribution in [-0.4, -0.2) is 12.5 Å². The number of carbonyl (C=O) groups is 1. The summed E-state index contributed by atoms with van der Waals surface area (Å²) in [5.41, 5.74) is 1.28. The van der Waals surface area contributed by atoms with Gasteiger partial charge in [-0.2, -0.15) is 0 Å². The molecule has 0 saturated heterocycles. The number of halogens is 1. The molecule has 0 aromatic heterocycles. The minimum atomic E-state index is 0.194. The van der Waals surface area contributed by atoms with Crippen LogP contribution in [0, 0.1) is 9.49 Å². The Hall–Kier alpha value is -0.580. The molecule has 1 aromatic rings. The summed E-state index contributed by atoms with van der Waals surface area (Å²) in [4.78, 5) is 11.7. The standard InChI is InChI=1S/C17H26INO.C2H6/c1-14(2)6-4-3-5-7-17(20)19-13-12-15-8-10-16(18)11-9-15;1-2/h8-11,14H,3-7,12-13H2,1-2H3,(H,19,20);1-2H3. The summed E-state index contributed by atoms with van der Waals surface area (Å²) < 4.78 is 1.25. The minimum absolute atomic E-state index is 0.194. The van der Waals surface area contributed by atoms with Crippen molar-refractivity contribution >= 4 is 28.5 Å². The number of amides is 1. The third kappa shape index (κ3) is 12.0. The highest BCUT2D eigenvalue weighted by Crippen LogP contribution is 2.09. The molecule has 0 atom stereocenters. The second-order valence-electron chi connectivity index (χ2n) is 5.72. The molecule has 0 unspecified atom stereocenters. The molecule has 2 nitrogen and oxygen atoms in total. The van der Waals surface area contributed by atoms with Crippen LogP contribution in [0.4, 0.5) is 0 Å². The van der Waals surface area contributed by atoms with Crippen molar-refractivity contribution in [2.24, 2.45) is 5.92 Å². The largest absolute Gasteiger partial charge is 0.356 e. The number of unbranched alkanes of at least 4 members (excludes halogenated alkanes) is 2. The summed E-state index contributed by atoms with van der Waals surface area (Å²) in [6, 6.07) is 8.46. The maximum Gasteiger partial charge on any atom is 0.220 e. The third-order valence-electron chi connectivity index (χ3n) is 3.33. The zero-order valence-corrected chi connectivity index (χ0v) is 16.8. The van der Waals surface area contributed by atoms with Crippen molar-refractivity contribution in [1.82, 2.24) is 5.32 Å². The summed E-state index contributed by atoms with van der Waals surface area (Å²) in [7, 11) is 0. The van der Waals surface area contributed by atoms with Gasteiger partial charge in [0.05, 0.1) is 0 Å². The Balaban J connectivity index is 0.00000211. The summed E-state index contributed by atoms with van der Waals surface area (Å²) >= 11 is 2.30. The number of carbonyl (C=O) groups excluding carboxylic acids is 1. The number of rotatable bonds is 9. The Morgan fingerprint density at radius 1 is 1.09 bits per heavy atom. The number of hydrogen-bond acceptors (Lipinski definition) is 1. The zero-order valence-electron chi connectivity index (χ0n) is 14.6. The van der Waals surface area contributed by atoms with E-state index >= 15 is 0 Å². The Kier molecular flexibility index (Phi) is 13.7. The van der Waals surface area contributed by atoms with Gasteiger partial charge in [0, 0.05) is 16.5 Å². The van der Waals surface area contributed by atoms with E-state index < -0.39 is 0 Å². The van der Waals surface area contributed by atoms with E-state index in [0.717, 1.165) is 25.3 Å². The maximum atomic E-state index is 11.7. The maximum absolute atomic E-state index is 11.7. The second kappa shape index (κ2) is 14.0. The highest BCUT2D eigenvalue weighted by molar-refractivity contribution is 14.1. The van der Waals surface area contributed by atoms with Crippen LogP contribution in [0.2, 0.25) is 0 Å². The molecular formula is C19H32INO. The number of nitrogens with one attached hydrogen (secondary N) is 1. The first-order chi connectivity index (χ1) is 10.6. The number of benzene rings is 1. The molecule has 0 aliphatic carbocycles. The van der Waals surface area contributed by atoms with Crippen molar-refractivity contribution in [2.75, 3.05) is 6.54 Å². The van der Waals surface area contributed by atoms with Gasteiger partial charge in [-0.15, -0.1) is 0 Å². The van der Waals surface area contributed by atoms with Gasteiger partial charge < -0.3 is 5.32 Å². The van der Waals surface area contributed by atoms with E-state index in [1.54, 1.807) is 0 Å². The highest BCUT2D eigenvalue weighted by Gasteiger charge is 2.01. The van der Waals surface area contributed by atoms with Crippen LogP contribution in [-0.2, 0) is 11.2 Å². The topological polar surface area (TPSA) is 29.1 Å². The van der Waals surface area contributed by atoms with Gasteiger partial charge in [0.1, 0.15) is 0 Å². The molecule has 0 heterocycles. The minimum Gasteiger partial charge on any atom is -0.356 e. The van der Waals surface area contributed by atoms with Crippen LogP contribution < -0.4 is 5.32 Å². The lowest BCUT2D eigenvalue weighted by molar-refractivity contribution is -0.121. The van der Waals surface area contributed by atoms with Crippen molar-refractivity contribution in [3.05, 3.63) is 33.4 Å². The fraction of sp³-hybridized carbons (Fsp3) is 0.632. The van der Waals surface area contributed by atoms with Gasteiger partial charge in [0.2, 0.25) is 5.91 Å². The quantitative estimate of drug-likeness (QED) is 0.412. The van der Waals surface area contributed by atoms with Crippen molar-refractivity contribution in [1.29, 1.82) is 0 Å². The highest BCUT2D eigenvalue weighted by atomic mass is 127. The van der Waals surface area contributed by atoms with Gasteiger partial charge in [0.25, 0.3) is 0 Å². The Labute approximate surface area is 150 Å². The van der Waals surface area contributed by atoms with Crippen LogP contribution in [0.3, 0.4) is 0 Å². The summed E-state index contributed by atoms with van der Waals surface area (Å²) in [5, 5.41) is 3.00. The molecule has 0 aliphatic rings. The van der Waals surface area contributed by atoms with Crippen LogP contribution in [0.1, 0.15) is 65.4 Å². The molecule has 0 fully saturated rings. The van der Waals surface area contributed by atoms with E-state index in [-0.39, 0.29) is 5.91 Å². The van der Waals surface area contributed by atoms with Crippen LogP contribution in [0.15, 0.2) is 24.3 Å². The normalized spacial score (nSPS) is 10.1. The molecule has 0 bridgehead atoms. The van der Waals surface area contributed by atoms with Gasteiger partial charge in [-0.3, -0.25) is 4.79 Å². The molecule has 1 aromatic carbocycles. The predicted molar refractivity (Wildman–Crippen MR) is 105 cm³/mol. The molecule has 0 radical (unpaired) electrons. The second-order valence-corrected chi connectivity index (χ2v) is 6.97. The van der Waals surface area contributed by atoms with Crippen LogP contribution in [0.25, 0.3) is 0 Å². The van der Waals surface area contributed by atoms with Crippen molar-refractivity contribution in [3.63, 3.8) is 0 Å². The lowest BCUT2D eigenvalue weighted by Crippen LogP contribution is -2.25. The lowest BCUT2D eigenvalue weighted by Gasteiger charge is -2.06. The molecule has 1 N–H and O–H groups in total. The van der Waals surface area contributed by atoms with Crippen molar-refractivity contribution < 1.29 is 4.79 Å². The van der Waals surface area contributed by atoms with E-state index in [4.69, 9.17) is 0 Å². The molecule has 126 valence electrons. The van der Waals surface area contributed by atoms with Crippen molar-refractivity contribution in [3.8, 4) is 0 Å². The van der Waals surface area contributed by atoms with E-state index in [9.17, 15) is 4.79 Å². The summed E-state index contributed by atoms with van der Waals surface area (Å²) in [5.74, 6) is 0.970. The van der Waals surface area contributed by atoms with E-state index in [1.165, 1.54) is 28.4 Å². The van der Waals surface area contributed by atoms with Crippen molar-refractivity contribution in [2.45, 2.75) is 66.2 Å². The van der Waals surface area contributed by atoms with Gasteiger partial charge >= 0.3 is 0 Å².